The number of nitrogens with two attached hydrogens (primary N) is 1. The number of fused-ring (bicyclic) bond motifs is 1. The number of halogens is 1. The van der Waals surface area contributed by atoms with E-state index in [1.165, 1.54) is 10.4 Å². The highest BCUT2D eigenvalue weighted by Gasteiger charge is 2.45. The molecule has 6 nitrogen and oxygen atoms in total. The van der Waals surface area contributed by atoms with Crippen molar-refractivity contribution in [3.8, 4) is 5.75 Å². The average molecular weight is 389 g/mol. The zero-order chi connectivity index (χ0) is 18.2. The van der Waals surface area contributed by atoms with Crippen LogP contribution >= 0.6 is 11.6 Å². The van der Waals surface area contributed by atoms with Crippen molar-refractivity contribution < 1.29 is 17.9 Å². The van der Waals surface area contributed by atoms with Crippen LogP contribution in [0, 0.1) is 11.8 Å². The van der Waals surface area contributed by atoms with E-state index in [-0.39, 0.29) is 23.0 Å². The lowest BCUT2D eigenvalue weighted by molar-refractivity contribution is 0.0900. The highest BCUT2D eigenvalue weighted by Crippen LogP contribution is 2.40. The second kappa shape index (κ2) is 7.40. The maximum absolute atomic E-state index is 13.2. The van der Waals surface area contributed by atoms with E-state index >= 15 is 0 Å². The maximum atomic E-state index is 13.2. The molecule has 0 aromatic heterocycles. The Hall–Kier alpha value is -0.860. The van der Waals surface area contributed by atoms with Crippen LogP contribution in [0.25, 0.3) is 0 Å². The topological polar surface area (TPSA) is 81.9 Å². The number of sulfonamides is 1. The first kappa shape index (κ1) is 18.9. The van der Waals surface area contributed by atoms with Crippen LogP contribution in [0.5, 0.6) is 5.75 Å². The van der Waals surface area contributed by atoms with Crippen molar-refractivity contribution in [3.05, 3.63) is 23.2 Å². The fourth-order valence-corrected chi connectivity index (χ4v) is 5.79. The van der Waals surface area contributed by atoms with Crippen LogP contribution in [0.2, 0.25) is 5.02 Å². The highest BCUT2D eigenvalue weighted by atomic mass is 35.5. The Balaban J connectivity index is 1.88. The normalized spacial score (nSPS) is 28.1. The Morgan fingerprint density at radius 3 is 2.80 bits per heavy atom. The molecule has 4 unspecified atom stereocenters. The number of hydrogen-bond acceptors (Lipinski definition) is 5. The van der Waals surface area contributed by atoms with Gasteiger partial charge in [-0.3, -0.25) is 0 Å². The number of hydrogen-bond donors (Lipinski definition) is 1. The Bertz CT molecular complexity index is 727. The van der Waals surface area contributed by atoms with Gasteiger partial charge in [-0.15, -0.1) is 0 Å². The van der Waals surface area contributed by atoms with Gasteiger partial charge in [-0.2, -0.15) is 4.31 Å². The van der Waals surface area contributed by atoms with Crippen LogP contribution in [0.3, 0.4) is 0 Å². The summed E-state index contributed by atoms with van der Waals surface area (Å²) in [7, 11) is -2.12. The number of benzene rings is 1. The number of methoxy groups -OCH3 is 1. The van der Waals surface area contributed by atoms with E-state index in [9.17, 15) is 8.42 Å². The van der Waals surface area contributed by atoms with Crippen molar-refractivity contribution in [1.29, 1.82) is 0 Å². The first-order valence-electron chi connectivity index (χ1n) is 8.53. The summed E-state index contributed by atoms with van der Waals surface area (Å²) in [4.78, 5) is 0.108. The van der Waals surface area contributed by atoms with Gasteiger partial charge in [-0.05, 0) is 49.8 Å². The summed E-state index contributed by atoms with van der Waals surface area (Å²) >= 11 is 6.06. The van der Waals surface area contributed by atoms with E-state index in [2.05, 4.69) is 0 Å². The summed E-state index contributed by atoms with van der Waals surface area (Å²) in [6.45, 7) is 3.17. The SMILES string of the molecule is COCC(C)Oc1ccc(Cl)cc1S(=O)(=O)N1CC2CCC(N)C2C1. The summed E-state index contributed by atoms with van der Waals surface area (Å²) in [6.07, 6.45) is 1.69. The molecule has 2 fully saturated rings. The molecule has 25 heavy (non-hydrogen) atoms. The van der Waals surface area contributed by atoms with Crippen LogP contribution in [-0.2, 0) is 14.8 Å². The molecule has 0 bridgehead atoms. The Morgan fingerprint density at radius 1 is 1.36 bits per heavy atom. The van der Waals surface area contributed by atoms with Gasteiger partial charge in [0.1, 0.15) is 16.7 Å². The van der Waals surface area contributed by atoms with Crippen LogP contribution in [0.15, 0.2) is 23.1 Å². The van der Waals surface area contributed by atoms with Gasteiger partial charge >= 0.3 is 0 Å². The Morgan fingerprint density at radius 2 is 2.12 bits per heavy atom. The van der Waals surface area contributed by atoms with E-state index in [1.807, 2.05) is 6.92 Å². The number of nitrogens with zero attached hydrogens (tertiary/aromatic N) is 1. The first-order valence-corrected chi connectivity index (χ1v) is 10.4. The van der Waals surface area contributed by atoms with Gasteiger partial charge in [0, 0.05) is 31.3 Å². The second-order valence-corrected chi connectivity index (χ2v) is 9.30. The van der Waals surface area contributed by atoms with Gasteiger partial charge in [-0.25, -0.2) is 8.42 Å². The molecule has 3 rings (SSSR count). The predicted molar refractivity (Wildman–Crippen MR) is 96.4 cm³/mol. The largest absolute Gasteiger partial charge is 0.487 e. The molecular weight excluding hydrogens is 364 g/mol. The molecule has 2 N–H and O–H groups in total. The molecule has 1 saturated carbocycles. The van der Waals surface area contributed by atoms with Crippen LogP contribution in [0.4, 0.5) is 0 Å². The molecule has 1 aromatic carbocycles. The molecular formula is C17H25ClN2O4S. The Labute approximate surface area is 154 Å². The van der Waals surface area contributed by atoms with E-state index in [0.29, 0.717) is 36.4 Å². The molecule has 140 valence electrons. The fourth-order valence-electron chi connectivity index (χ4n) is 3.87. The van der Waals surface area contributed by atoms with E-state index in [4.69, 9.17) is 26.8 Å². The molecule has 1 aliphatic carbocycles. The summed E-state index contributed by atoms with van der Waals surface area (Å²) in [5.41, 5.74) is 6.14. The third kappa shape index (κ3) is 3.80. The standard InChI is InChI=1S/C17H25ClN2O4S/c1-11(10-23-2)24-16-6-4-13(18)7-17(16)25(21,22)20-8-12-3-5-15(19)14(12)9-20/h4,6-7,11-12,14-15H,3,5,8-10,19H2,1-2H3. The van der Waals surface area contributed by atoms with Gasteiger partial charge in [-0.1, -0.05) is 11.6 Å². The molecule has 4 atom stereocenters. The van der Waals surface area contributed by atoms with Crippen molar-refractivity contribution in [2.24, 2.45) is 17.6 Å². The predicted octanol–water partition coefficient (Wildman–Crippen LogP) is 2.11. The van der Waals surface area contributed by atoms with E-state index in [1.54, 1.807) is 19.2 Å². The zero-order valence-corrected chi connectivity index (χ0v) is 16.1. The quantitative estimate of drug-likeness (QED) is 0.807. The van der Waals surface area contributed by atoms with E-state index < -0.39 is 10.0 Å². The van der Waals surface area contributed by atoms with Gasteiger partial charge in [0.05, 0.1) is 6.61 Å². The summed E-state index contributed by atoms with van der Waals surface area (Å²) < 4.78 is 38.8. The minimum absolute atomic E-state index is 0.0852. The molecule has 1 aliphatic heterocycles. The van der Waals surface area contributed by atoms with Crippen LogP contribution < -0.4 is 10.5 Å². The van der Waals surface area contributed by atoms with Crippen LogP contribution in [0.1, 0.15) is 19.8 Å². The molecule has 1 heterocycles. The van der Waals surface area contributed by atoms with Gasteiger partial charge in [0.25, 0.3) is 0 Å². The van der Waals surface area contributed by atoms with Crippen molar-refractivity contribution >= 4 is 21.6 Å². The third-order valence-corrected chi connectivity index (χ3v) is 7.22. The zero-order valence-electron chi connectivity index (χ0n) is 14.5. The lowest BCUT2D eigenvalue weighted by Crippen LogP contribution is -2.34. The molecule has 1 aromatic rings. The fraction of sp³-hybridized carbons (Fsp3) is 0.647. The number of rotatable bonds is 6. The van der Waals surface area contributed by atoms with Crippen molar-refractivity contribution in [3.63, 3.8) is 0 Å². The van der Waals surface area contributed by atoms with Gasteiger partial charge in [0.2, 0.25) is 10.0 Å². The smallest absolute Gasteiger partial charge is 0.246 e. The minimum Gasteiger partial charge on any atom is -0.487 e. The maximum Gasteiger partial charge on any atom is 0.246 e. The Kier molecular flexibility index (Phi) is 5.60. The molecule has 2 aliphatic rings. The number of ether oxygens (including phenoxy) is 2. The summed E-state index contributed by atoms with van der Waals surface area (Å²) in [6, 6.07) is 4.77. The lowest BCUT2D eigenvalue weighted by atomic mass is 9.98. The first-order chi connectivity index (χ1) is 11.8. The van der Waals surface area contributed by atoms with Crippen LogP contribution in [-0.4, -0.2) is 51.7 Å². The molecule has 0 spiro atoms. The molecule has 8 heteroatoms. The summed E-state index contributed by atoms with van der Waals surface area (Å²) in [5.74, 6) is 0.891. The third-order valence-electron chi connectivity index (χ3n) is 5.13. The second-order valence-electron chi connectivity index (χ2n) is 6.96. The van der Waals surface area contributed by atoms with Crippen molar-refractivity contribution in [2.75, 3.05) is 26.8 Å². The van der Waals surface area contributed by atoms with Crippen molar-refractivity contribution in [1.82, 2.24) is 4.31 Å². The van der Waals surface area contributed by atoms with Gasteiger partial charge in [0.15, 0.2) is 0 Å². The van der Waals surface area contributed by atoms with Gasteiger partial charge < -0.3 is 15.2 Å². The minimum atomic E-state index is -3.69. The summed E-state index contributed by atoms with van der Waals surface area (Å²) in [5, 5.41) is 0.362. The average Bonchev–Trinajstić information content (AvgIpc) is 3.12. The molecule has 0 amide bonds. The highest BCUT2D eigenvalue weighted by molar-refractivity contribution is 7.89. The molecule has 1 saturated heterocycles. The van der Waals surface area contributed by atoms with E-state index in [0.717, 1.165) is 12.8 Å². The molecule has 0 radical (unpaired) electrons. The monoisotopic (exact) mass is 388 g/mol. The van der Waals surface area contributed by atoms with Crippen molar-refractivity contribution in [2.45, 2.75) is 36.8 Å². The lowest BCUT2D eigenvalue weighted by Gasteiger charge is -2.22.